The second-order valence-corrected chi connectivity index (χ2v) is 7.63. The van der Waals surface area contributed by atoms with Crippen LogP contribution in [0.1, 0.15) is 29.8 Å². The molecule has 7 nitrogen and oxygen atoms in total. The average Bonchev–Trinajstić information content (AvgIpc) is 3.11. The van der Waals surface area contributed by atoms with Crippen LogP contribution in [-0.4, -0.2) is 34.7 Å². The van der Waals surface area contributed by atoms with Crippen molar-refractivity contribution in [3.05, 3.63) is 61.3 Å². The van der Waals surface area contributed by atoms with Crippen LogP contribution >= 0.6 is 22.9 Å². The van der Waals surface area contributed by atoms with E-state index in [4.69, 9.17) is 11.6 Å². The van der Waals surface area contributed by atoms with Crippen LogP contribution in [0.3, 0.4) is 0 Å². The normalized spacial score (nSPS) is 11.9. The highest BCUT2D eigenvalue weighted by atomic mass is 35.5. The number of rotatable bonds is 7. The van der Waals surface area contributed by atoms with Crippen LogP contribution in [0.5, 0.6) is 0 Å². The number of non-ortho nitro benzene ring substituents is 1. The Bertz CT molecular complexity index is 839. The molecule has 2 aromatic rings. The zero-order chi connectivity index (χ0) is 20.1. The van der Waals surface area contributed by atoms with Crippen molar-refractivity contribution in [2.45, 2.75) is 26.4 Å². The van der Waals surface area contributed by atoms with Gasteiger partial charge in [-0.2, -0.15) is 11.3 Å². The number of nitro groups is 1. The summed E-state index contributed by atoms with van der Waals surface area (Å²) in [6, 6.07) is 4.80. The van der Waals surface area contributed by atoms with Gasteiger partial charge in [0.25, 0.3) is 11.6 Å². The quantitative estimate of drug-likeness (QED) is 0.557. The van der Waals surface area contributed by atoms with Gasteiger partial charge in [0.15, 0.2) is 0 Å². The molecular formula is C18H20ClN3O4S. The van der Waals surface area contributed by atoms with Crippen molar-refractivity contribution in [3.8, 4) is 0 Å². The lowest BCUT2D eigenvalue weighted by molar-refractivity contribution is -0.384. The molecule has 2 rings (SSSR count). The van der Waals surface area contributed by atoms with Crippen molar-refractivity contribution in [2.75, 3.05) is 7.05 Å². The maximum absolute atomic E-state index is 12.8. The molecule has 0 saturated heterocycles. The fourth-order valence-corrected chi connectivity index (χ4v) is 3.43. The molecule has 1 aromatic carbocycles. The summed E-state index contributed by atoms with van der Waals surface area (Å²) in [6.07, 6.45) is 0. The molecule has 27 heavy (non-hydrogen) atoms. The molecule has 0 aliphatic rings. The molecule has 144 valence electrons. The fraction of sp³-hybridized carbons (Fsp3) is 0.333. The van der Waals surface area contributed by atoms with Crippen molar-refractivity contribution in [2.24, 2.45) is 5.92 Å². The minimum Gasteiger partial charge on any atom is -0.340 e. The smallest absolute Gasteiger partial charge is 0.270 e. The number of benzene rings is 1. The Morgan fingerprint density at radius 3 is 2.56 bits per heavy atom. The fourth-order valence-electron chi connectivity index (χ4n) is 2.51. The zero-order valence-corrected chi connectivity index (χ0v) is 16.7. The predicted octanol–water partition coefficient (Wildman–Crippen LogP) is 3.72. The first-order valence-electron chi connectivity index (χ1n) is 8.21. The number of carbonyl (C=O) groups is 2. The van der Waals surface area contributed by atoms with Gasteiger partial charge in [-0.3, -0.25) is 19.7 Å². The van der Waals surface area contributed by atoms with E-state index in [1.54, 1.807) is 23.3 Å². The van der Waals surface area contributed by atoms with Gasteiger partial charge >= 0.3 is 0 Å². The van der Waals surface area contributed by atoms with Gasteiger partial charge < -0.3 is 10.2 Å². The zero-order valence-electron chi connectivity index (χ0n) is 15.1. The summed E-state index contributed by atoms with van der Waals surface area (Å²) in [7, 11) is 1.68. The second-order valence-electron chi connectivity index (χ2n) is 6.44. The summed E-state index contributed by atoms with van der Waals surface area (Å²) in [5.41, 5.74) is 0.896. The summed E-state index contributed by atoms with van der Waals surface area (Å²) in [5.74, 6) is -0.920. The molecule has 0 saturated carbocycles. The van der Waals surface area contributed by atoms with Gasteiger partial charge in [-0.15, -0.1) is 0 Å². The molecule has 1 aromatic heterocycles. The van der Waals surface area contributed by atoms with E-state index >= 15 is 0 Å². The number of likely N-dealkylation sites (N-methyl/N-ethyl adjacent to an activating group) is 1. The lowest BCUT2D eigenvalue weighted by Crippen LogP contribution is -2.50. The Morgan fingerprint density at radius 1 is 1.33 bits per heavy atom. The Balaban J connectivity index is 2.14. The average molecular weight is 410 g/mol. The largest absolute Gasteiger partial charge is 0.340 e. The van der Waals surface area contributed by atoms with E-state index in [1.165, 1.54) is 12.1 Å². The third kappa shape index (κ3) is 5.27. The highest BCUT2D eigenvalue weighted by Crippen LogP contribution is 2.23. The summed E-state index contributed by atoms with van der Waals surface area (Å²) in [6.45, 7) is 4.11. The first-order valence-corrected chi connectivity index (χ1v) is 9.53. The highest BCUT2D eigenvalue weighted by Gasteiger charge is 2.28. The van der Waals surface area contributed by atoms with Crippen molar-refractivity contribution >= 4 is 40.4 Å². The molecule has 0 bridgehead atoms. The van der Waals surface area contributed by atoms with Crippen LogP contribution in [0.4, 0.5) is 5.69 Å². The van der Waals surface area contributed by atoms with E-state index in [0.717, 1.165) is 11.6 Å². The molecule has 0 radical (unpaired) electrons. The molecule has 0 fully saturated rings. The number of nitro benzene ring substituents is 1. The number of nitrogens with one attached hydrogen (secondary N) is 1. The molecule has 9 heteroatoms. The van der Waals surface area contributed by atoms with Gasteiger partial charge in [-0.25, -0.2) is 0 Å². The second kappa shape index (κ2) is 8.96. The summed E-state index contributed by atoms with van der Waals surface area (Å²) < 4.78 is 0. The molecule has 1 N–H and O–H groups in total. The summed E-state index contributed by atoms with van der Waals surface area (Å²) >= 11 is 7.56. The number of nitrogens with zero attached hydrogens (tertiary/aromatic N) is 2. The number of hydrogen-bond acceptors (Lipinski definition) is 5. The van der Waals surface area contributed by atoms with Crippen molar-refractivity contribution in [1.29, 1.82) is 0 Å². The minimum atomic E-state index is -0.743. The molecule has 1 atom stereocenters. The van der Waals surface area contributed by atoms with E-state index in [-0.39, 0.29) is 28.1 Å². The molecule has 1 heterocycles. The van der Waals surface area contributed by atoms with Crippen LogP contribution in [0.15, 0.2) is 35.0 Å². The summed E-state index contributed by atoms with van der Waals surface area (Å²) in [4.78, 5) is 37.1. The van der Waals surface area contributed by atoms with E-state index in [2.05, 4.69) is 5.32 Å². The molecule has 0 aliphatic carbocycles. The lowest BCUT2D eigenvalue weighted by Gasteiger charge is -2.27. The Hall–Kier alpha value is -2.45. The van der Waals surface area contributed by atoms with Crippen LogP contribution in [-0.2, 0) is 11.3 Å². The summed E-state index contributed by atoms with van der Waals surface area (Å²) in [5, 5.41) is 17.4. The van der Waals surface area contributed by atoms with E-state index < -0.39 is 16.9 Å². The van der Waals surface area contributed by atoms with E-state index in [9.17, 15) is 19.7 Å². The van der Waals surface area contributed by atoms with Gasteiger partial charge in [0.05, 0.1) is 15.5 Å². The van der Waals surface area contributed by atoms with E-state index in [1.807, 2.05) is 30.7 Å². The number of halogens is 1. The Morgan fingerprint density at radius 2 is 2.04 bits per heavy atom. The number of amides is 2. The number of hydrogen-bond donors (Lipinski definition) is 1. The lowest BCUT2D eigenvalue weighted by atomic mass is 10.0. The monoisotopic (exact) mass is 409 g/mol. The van der Waals surface area contributed by atoms with Crippen LogP contribution < -0.4 is 5.32 Å². The van der Waals surface area contributed by atoms with Gasteiger partial charge in [0, 0.05) is 25.7 Å². The first-order chi connectivity index (χ1) is 12.7. The maximum Gasteiger partial charge on any atom is 0.270 e. The van der Waals surface area contributed by atoms with Crippen molar-refractivity contribution in [1.82, 2.24) is 10.2 Å². The molecule has 0 aliphatic heterocycles. The van der Waals surface area contributed by atoms with Gasteiger partial charge in [-0.05, 0) is 34.4 Å². The Kier molecular flexibility index (Phi) is 6.92. The first kappa shape index (κ1) is 20.9. The SMILES string of the molecule is CC(C)[C@@H](NC(=O)c1ccc([N+](=O)[O-])cc1Cl)C(=O)N(C)Cc1ccsc1. The minimum absolute atomic E-state index is 0.0386. The maximum atomic E-state index is 12.8. The van der Waals surface area contributed by atoms with Gasteiger partial charge in [0.1, 0.15) is 6.04 Å². The molecular weight excluding hydrogens is 390 g/mol. The van der Waals surface area contributed by atoms with Crippen LogP contribution in [0.2, 0.25) is 5.02 Å². The highest BCUT2D eigenvalue weighted by molar-refractivity contribution is 7.07. The Labute approximate surface area is 166 Å². The third-order valence-electron chi connectivity index (χ3n) is 4.00. The third-order valence-corrected chi connectivity index (χ3v) is 5.05. The standard InChI is InChI=1S/C18H20ClN3O4S/c1-11(2)16(18(24)21(3)9-12-6-7-27-10-12)20-17(23)14-5-4-13(22(25)26)8-15(14)19/h4-8,10-11,16H,9H2,1-3H3,(H,20,23)/t16-/m1/s1. The van der Waals surface area contributed by atoms with Gasteiger partial charge in [-0.1, -0.05) is 25.4 Å². The van der Waals surface area contributed by atoms with Crippen molar-refractivity contribution in [3.63, 3.8) is 0 Å². The molecule has 0 spiro atoms. The molecule has 0 unspecified atom stereocenters. The molecule has 2 amide bonds. The number of carbonyl (C=O) groups excluding carboxylic acids is 2. The predicted molar refractivity (Wildman–Crippen MR) is 105 cm³/mol. The van der Waals surface area contributed by atoms with Crippen molar-refractivity contribution < 1.29 is 14.5 Å². The topological polar surface area (TPSA) is 92.5 Å². The number of thiophene rings is 1. The van der Waals surface area contributed by atoms with Gasteiger partial charge in [0.2, 0.25) is 5.91 Å². The van der Waals surface area contributed by atoms with Crippen LogP contribution in [0, 0.1) is 16.0 Å². The van der Waals surface area contributed by atoms with Crippen LogP contribution in [0.25, 0.3) is 0 Å². The van der Waals surface area contributed by atoms with E-state index in [0.29, 0.717) is 6.54 Å².